The summed E-state index contributed by atoms with van der Waals surface area (Å²) >= 11 is 14.0. The summed E-state index contributed by atoms with van der Waals surface area (Å²) in [4.78, 5) is 16.3. The number of amides is 1. The standard InChI is InChI=1S/C16H14Cl2N2O2S/c1-19-12-7-9(17)6-11(18)14(12)10-8-13(23-16(10)19)15(21)20-2-4-22-5-3-20/h6-8H,2-5H2,1H3. The zero-order valence-corrected chi connectivity index (χ0v) is 14.8. The Bertz CT molecular complexity index is 925. The lowest BCUT2D eigenvalue weighted by Crippen LogP contribution is -2.40. The molecule has 120 valence electrons. The van der Waals surface area contributed by atoms with Crippen molar-refractivity contribution in [1.29, 1.82) is 0 Å². The zero-order valence-electron chi connectivity index (χ0n) is 12.4. The quantitative estimate of drug-likeness (QED) is 0.645. The first kappa shape index (κ1) is 15.3. The highest BCUT2D eigenvalue weighted by molar-refractivity contribution is 7.20. The van der Waals surface area contributed by atoms with Crippen molar-refractivity contribution in [3.8, 4) is 0 Å². The zero-order chi connectivity index (χ0) is 16.1. The summed E-state index contributed by atoms with van der Waals surface area (Å²) in [6.07, 6.45) is 0. The van der Waals surface area contributed by atoms with Crippen molar-refractivity contribution in [2.75, 3.05) is 26.3 Å². The van der Waals surface area contributed by atoms with Gasteiger partial charge in [0.05, 0.1) is 28.6 Å². The molecule has 1 aromatic carbocycles. The molecule has 0 atom stereocenters. The number of ether oxygens (including phenoxy) is 1. The van der Waals surface area contributed by atoms with Gasteiger partial charge >= 0.3 is 0 Å². The minimum Gasteiger partial charge on any atom is -0.378 e. The topological polar surface area (TPSA) is 34.5 Å². The van der Waals surface area contributed by atoms with Gasteiger partial charge in [0.25, 0.3) is 5.91 Å². The number of halogens is 2. The molecule has 1 saturated heterocycles. The summed E-state index contributed by atoms with van der Waals surface area (Å²) in [6.45, 7) is 2.49. The fourth-order valence-corrected chi connectivity index (χ4v) is 4.73. The van der Waals surface area contributed by atoms with Crippen LogP contribution in [0.2, 0.25) is 10.0 Å². The number of morpholine rings is 1. The van der Waals surface area contributed by atoms with Crippen LogP contribution < -0.4 is 0 Å². The van der Waals surface area contributed by atoms with E-state index in [0.29, 0.717) is 36.3 Å². The Balaban J connectivity index is 1.85. The van der Waals surface area contributed by atoms with E-state index in [1.54, 1.807) is 6.07 Å². The number of hydrogen-bond donors (Lipinski definition) is 0. The van der Waals surface area contributed by atoms with Gasteiger partial charge in [0, 0.05) is 35.9 Å². The van der Waals surface area contributed by atoms with Gasteiger partial charge < -0.3 is 14.2 Å². The predicted octanol–water partition coefficient (Wildman–Crippen LogP) is 4.17. The van der Waals surface area contributed by atoms with Crippen LogP contribution in [0, 0.1) is 0 Å². The van der Waals surface area contributed by atoms with E-state index in [4.69, 9.17) is 27.9 Å². The van der Waals surface area contributed by atoms with E-state index >= 15 is 0 Å². The van der Waals surface area contributed by atoms with E-state index in [-0.39, 0.29) is 5.91 Å². The van der Waals surface area contributed by atoms with Crippen molar-refractivity contribution >= 4 is 61.6 Å². The van der Waals surface area contributed by atoms with Gasteiger partial charge in [-0.25, -0.2) is 0 Å². The van der Waals surface area contributed by atoms with Gasteiger partial charge in [0.15, 0.2) is 0 Å². The first-order valence-corrected chi connectivity index (χ1v) is 8.87. The van der Waals surface area contributed by atoms with Crippen LogP contribution in [0.1, 0.15) is 9.67 Å². The highest BCUT2D eigenvalue weighted by atomic mass is 35.5. The van der Waals surface area contributed by atoms with Crippen LogP contribution in [0.4, 0.5) is 0 Å². The van der Waals surface area contributed by atoms with Crippen LogP contribution in [-0.2, 0) is 11.8 Å². The SMILES string of the molecule is Cn1c2cc(Cl)cc(Cl)c2c2cc(C(=O)N3CCOCC3)sc21. The Morgan fingerprint density at radius 2 is 1.96 bits per heavy atom. The van der Waals surface area contributed by atoms with Crippen LogP contribution >= 0.6 is 34.5 Å². The van der Waals surface area contributed by atoms with Crippen molar-refractivity contribution in [3.05, 3.63) is 33.1 Å². The van der Waals surface area contributed by atoms with Crippen LogP contribution in [-0.4, -0.2) is 41.7 Å². The molecule has 1 aliphatic heterocycles. The Morgan fingerprint density at radius 1 is 1.22 bits per heavy atom. The van der Waals surface area contributed by atoms with E-state index in [1.807, 2.05) is 28.6 Å². The van der Waals surface area contributed by atoms with Gasteiger partial charge in [-0.1, -0.05) is 23.2 Å². The van der Waals surface area contributed by atoms with Gasteiger partial charge in [-0.2, -0.15) is 0 Å². The van der Waals surface area contributed by atoms with E-state index < -0.39 is 0 Å². The second-order valence-corrected chi connectivity index (χ2v) is 7.45. The summed E-state index contributed by atoms with van der Waals surface area (Å²) < 4.78 is 7.35. The molecule has 23 heavy (non-hydrogen) atoms. The highest BCUT2D eigenvalue weighted by Crippen LogP contribution is 2.39. The fraction of sp³-hybridized carbons (Fsp3) is 0.312. The van der Waals surface area contributed by atoms with E-state index in [9.17, 15) is 4.79 Å². The minimum absolute atomic E-state index is 0.0627. The van der Waals surface area contributed by atoms with Crippen molar-refractivity contribution in [1.82, 2.24) is 9.47 Å². The van der Waals surface area contributed by atoms with Crippen molar-refractivity contribution < 1.29 is 9.53 Å². The Hall–Kier alpha value is -1.27. The molecule has 0 bridgehead atoms. The number of carbonyl (C=O) groups excluding carboxylic acids is 1. The van der Waals surface area contributed by atoms with E-state index in [2.05, 4.69) is 0 Å². The summed E-state index contributed by atoms with van der Waals surface area (Å²) in [5.74, 6) is 0.0627. The number of carbonyl (C=O) groups is 1. The number of rotatable bonds is 1. The molecule has 7 heteroatoms. The van der Waals surface area contributed by atoms with Crippen molar-refractivity contribution in [2.45, 2.75) is 0 Å². The molecule has 3 heterocycles. The molecule has 0 spiro atoms. The Morgan fingerprint density at radius 3 is 2.70 bits per heavy atom. The number of thiophene rings is 1. The maximum Gasteiger partial charge on any atom is 0.264 e. The highest BCUT2D eigenvalue weighted by Gasteiger charge is 2.23. The molecule has 0 radical (unpaired) electrons. The van der Waals surface area contributed by atoms with E-state index in [0.717, 1.165) is 26.0 Å². The van der Waals surface area contributed by atoms with Crippen molar-refractivity contribution in [3.63, 3.8) is 0 Å². The Kier molecular flexibility index (Phi) is 3.76. The first-order valence-electron chi connectivity index (χ1n) is 7.30. The molecule has 2 aromatic heterocycles. The molecule has 4 nitrogen and oxygen atoms in total. The molecule has 0 unspecified atom stereocenters. The maximum absolute atomic E-state index is 12.7. The number of aromatic nitrogens is 1. The fourth-order valence-electron chi connectivity index (χ4n) is 3.04. The third-order valence-corrected chi connectivity index (χ3v) is 5.91. The molecule has 0 N–H and O–H groups in total. The molecule has 0 saturated carbocycles. The Labute approximate surface area is 147 Å². The monoisotopic (exact) mass is 368 g/mol. The summed E-state index contributed by atoms with van der Waals surface area (Å²) in [7, 11) is 1.97. The van der Waals surface area contributed by atoms with Crippen LogP contribution in [0.15, 0.2) is 18.2 Å². The minimum atomic E-state index is 0.0627. The van der Waals surface area contributed by atoms with Crippen LogP contribution in [0.3, 0.4) is 0 Å². The normalized spacial score (nSPS) is 15.7. The predicted molar refractivity (Wildman–Crippen MR) is 95.0 cm³/mol. The molecular weight excluding hydrogens is 355 g/mol. The van der Waals surface area contributed by atoms with Gasteiger partial charge in [-0.15, -0.1) is 11.3 Å². The first-order chi connectivity index (χ1) is 11.1. The van der Waals surface area contributed by atoms with Gasteiger partial charge in [0.2, 0.25) is 0 Å². The average molecular weight is 369 g/mol. The summed E-state index contributed by atoms with van der Waals surface area (Å²) in [6, 6.07) is 5.59. The second kappa shape index (κ2) is 5.67. The summed E-state index contributed by atoms with van der Waals surface area (Å²) in [5, 5.41) is 3.18. The number of nitrogens with zero attached hydrogens (tertiary/aromatic N) is 2. The lowest BCUT2D eigenvalue weighted by atomic mass is 10.2. The number of benzene rings is 1. The lowest BCUT2D eigenvalue weighted by molar-refractivity contribution is 0.0306. The number of hydrogen-bond acceptors (Lipinski definition) is 3. The number of fused-ring (bicyclic) bond motifs is 3. The molecule has 3 aromatic rings. The molecular formula is C16H14Cl2N2O2S. The molecule has 0 aliphatic carbocycles. The molecule has 4 rings (SSSR count). The largest absolute Gasteiger partial charge is 0.378 e. The average Bonchev–Trinajstić information content (AvgIpc) is 3.07. The lowest BCUT2D eigenvalue weighted by Gasteiger charge is -2.26. The third-order valence-electron chi connectivity index (χ3n) is 4.19. The molecule has 1 fully saturated rings. The van der Waals surface area contributed by atoms with Gasteiger partial charge in [-0.3, -0.25) is 4.79 Å². The molecule has 1 aliphatic rings. The number of aryl methyl sites for hydroxylation is 1. The summed E-state index contributed by atoms with van der Waals surface area (Å²) in [5.41, 5.74) is 0.981. The smallest absolute Gasteiger partial charge is 0.264 e. The maximum atomic E-state index is 12.7. The van der Waals surface area contributed by atoms with Gasteiger partial charge in [0.1, 0.15) is 4.83 Å². The second-order valence-electron chi connectivity index (χ2n) is 5.57. The van der Waals surface area contributed by atoms with E-state index in [1.165, 1.54) is 11.3 Å². The van der Waals surface area contributed by atoms with Gasteiger partial charge in [-0.05, 0) is 18.2 Å². The van der Waals surface area contributed by atoms with Crippen LogP contribution in [0.5, 0.6) is 0 Å². The van der Waals surface area contributed by atoms with Crippen molar-refractivity contribution in [2.24, 2.45) is 7.05 Å². The molecule has 1 amide bonds. The van der Waals surface area contributed by atoms with Crippen LogP contribution in [0.25, 0.3) is 21.1 Å². The third kappa shape index (κ3) is 2.43.